The topological polar surface area (TPSA) is 38.8 Å². The first-order chi connectivity index (χ1) is 10.2. The second-order valence-corrected chi connectivity index (χ2v) is 5.63. The number of alkyl halides is 1. The van der Waals surface area contributed by atoms with Crippen molar-refractivity contribution in [3.05, 3.63) is 29.3 Å². The molecule has 2 rings (SSSR count). The number of hydrogen-bond donors (Lipinski definition) is 0. The van der Waals surface area contributed by atoms with Crippen LogP contribution in [0.4, 0.5) is 0 Å². The molecule has 116 valence electrons. The number of carbonyl (C=O) groups is 1. The van der Waals surface area contributed by atoms with Gasteiger partial charge >= 0.3 is 0 Å². The fourth-order valence-electron chi connectivity index (χ4n) is 2.60. The Morgan fingerprint density at radius 1 is 1.38 bits per heavy atom. The lowest BCUT2D eigenvalue weighted by molar-refractivity contribution is 0.0153. The zero-order valence-electron chi connectivity index (χ0n) is 12.6. The van der Waals surface area contributed by atoms with Gasteiger partial charge in [-0.15, -0.1) is 11.6 Å². The largest absolute Gasteiger partial charge is 0.496 e. The van der Waals surface area contributed by atoms with Gasteiger partial charge in [-0.25, -0.2) is 0 Å². The molecule has 1 aliphatic heterocycles. The fraction of sp³-hybridized carbons (Fsp3) is 0.562. The lowest BCUT2D eigenvalue weighted by Gasteiger charge is -2.32. The molecule has 0 unspecified atom stereocenters. The monoisotopic (exact) mass is 311 g/mol. The van der Waals surface area contributed by atoms with Crippen molar-refractivity contribution in [2.24, 2.45) is 0 Å². The number of amides is 1. The molecule has 5 heteroatoms. The summed E-state index contributed by atoms with van der Waals surface area (Å²) in [6.45, 7) is 3.97. The standard InChI is InChI=1S/C16H22ClNO3/c1-12-3-4-15(20-2)14(11-12)16(19)18-8-5-13(6-9-18)21-10-7-17/h3-4,11,13H,5-10H2,1-2H3. The first-order valence-corrected chi connectivity index (χ1v) is 7.80. The normalized spacial score (nSPS) is 16.0. The molecule has 0 bridgehead atoms. The van der Waals surface area contributed by atoms with Crippen LogP contribution in [0.3, 0.4) is 0 Å². The number of ether oxygens (including phenoxy) is 2. The fourth-order valence-corrected chi connectivity index (χ4v) is 2.69. The number of halogens is 1. The number of rotatable bonds is 5. The molecular formula is C16H22ClNO3. The number of carbonyl (C=O) groups excluding carboxylic acids is 1. The van der Waals surface area contributed by atoms with E-state index >= 15 is 0 Å². The van der Waals surface area contributed by atoms with Crippen molar-refractivity contribution in [2.75, 3.05) is 32.7 Å². The third kappa shape index (κ3) is 4.11. The average molecular weight is 312 g/mol. The smallest absolute Gasteiger partial charge is 0.257 e. The van der Waals surface area contributed by atoms with Crippen LogP contribution in [0.1, 0.15) is 28.8 Å². The molecule has 1 saturated heterocycles. The highest BCUT2D eigenvalue weighted by Crippen LogP contribution is 2.23. The van der Waals surface area contributed by atoms with Crippen LogP contribution in [-0.2, 0) is 4.74 Å². The van der Waals surface area contributed by atoms with Crippen molar-refractivity contribution < 1.29 is 14.3 Å². The summed E-state index contributed by atoms with van der Waals surface area (Å²) in [4.78, 5) is 14.5. The van der Waals surface area contributed by atoms with Gasteiger partial charge in [-0.1, -0.05) is 11.6 Å². The van der Waals surface area contributed by atoms with Crippen LogP contribution in [0, 0.1) is 6.92 Å². The molecular weight excluding hydrogens is 290 g/mol. The number of nitrogens with zero attached hydrogens (tertiary/aromatic N) is 1. The summed E-state index contributed by atoms with van der Waals surface area (Å²) >= 11 is 5.62. The minimum absolute atomic E-state index is 0.0337. The van der Waals surface area contributed by atoms with E-state index in [4.69, 9.17) is 21.1 Å². The molecule has 0 atom stereocenters. The number of methoxy groups -OCH3 is 1. The predicted octanol–water partition coefficient (Wildman–Crippen LogP) is 2.86. The molecule has 0 aliphatic carbocycles. The second kappa shape index (κ2) is 7.66. The lowest BCUT2D eigenvalue weighted by Crippen LogP contribution is -2.41. The van der Waals surface area contributed by atoms with Gasteiger partial charge in [0.25, 0.3) is 5.91 Å². The number of aryl methyl sites for hydroxylation is 1. The highest BCUT2D eigenvalue weighted by molar-refractivity contribution is 6.17. The summed E-state index contributed by atoms with van der Waals surface area (Å²) in [5.74, 6) is 1.18. The molecule has 0 radical (unpaired) electrons. The quantitative estimate of drug-likeness (QED) is 0.785. The van der Waals surface area contributed by atoms with Crippen molar-refractivity contribution in [1.29, 1.82) is 0 Å². The van der Waals surface area contributed by atoms with Crippen LogP contribution >= 0.6 is 11.6 Å². The number of hydrogen-bond acceptors (Lipinski definition) is 3. The van der Waals surface area contributed by atoms with Crippen LogP contribution in [0.25, 0.3) is 0 Å². The first kappa shape index (κ1) is 16.1. The maximum atomic E-state index is 12.6. The van der Waals surface area contributed by atoms with Crippen LogP contribution in [0.5, 0.6) is 5.75 Å². The Labute approximate surface area is 131 Å². The van der Waals surface area contributed by atoms with E-state index in [-0.39, 0.29) is 12.0 Å². The van der Waals surface area contributed by atoms with Crippen molar-refractivity contribution in [1.82, 2.24) is 4.90 Å². The van der Waals surface area contributed by atoms with Crippen LogP contribution in [-0.4, -0.2) is 49.6 Å². The van der Waals surface area contributed by atoms with E-state index < -0.39 is 0 Å². The van der Waals surface area contributed by atoms with Gasteiger partial charge in [-0.05, 0) is 31.9 Å². The van der Waals surface area contributed by atoms with E-state index in [1.54, 1.807) is 7.11 Å². The van der Waals surface area contributed by atoms with Crippen molar-refractivity contribution in [3.63, 3.8) is 0 Å². The average Bonchev–Trinajstić information content (AvgIpc) is 2.52. The Hall–Kier alpha value is -1.26. The van der Waals surface area contributed by atoms with Gasteiger partial charge in [-0.3, -0.25) is 4.79 Å². The summed E-state index contributed by atoms with van der Waals surface area (Å²) in [6, 6.07) is 5.68. The van der Waals surface area contributed by atoms with E-state index in [2.05, 4.69) is 0 Å². The Kier molecular flexibility index (Phi) is 5.88. The van der Waals surface area contributed by atoms with Crippen molar-refractivity contribution >= 4 is 17.5 Å². The van der Waals surface area contributed by atoms with Gasteiger partial charge in [0.1, 0.15) is 5.75 Å². The minimum atomic E-state index is 0.0337. The maximum Gasteiger partial charge on any atom is 0.257 e. The first-order valence-electron chi connectivity index (χ1n) is 7.27. The SMILES string of the molecule is COc1ccc(C)cc1C(=O)N1CCC(OCCCl)CC1. The van der Waals surface area contributed by atoms with Gasteiger partial charge in [0.05, 0.1) is 25.4 Å². The van der Waals surface area contributed by atoms with Gasteiger partial charge in [0.2, 0.25) is 0 Å². The summed E-state index contributed by atoms with van der Waals surface area (Å²) < 4.78 is 10.9. The summed E-state index contributed by atoms with van der Waals surface area (Å²) in [6.07, 6.45) is 1.93. The number of benzene rings is 1. The van der Waals surface area contributed by atoms with Crippen molar-refractivity contribution in [2.45, 2.75) is 25.9 Å². The van der Waals surface area contributed by atoms with Gasteiger partial charge in [0.15, 0.2) is 0 Å². The molecule has 0 spiro atoms. The molecule has 1 aliphatic rings. The minimum Gasteiger partial charge on any atom is -0.496 e. The third-order valence-corrected chi connectivity index (χ3v) is 3.90. The Morgan fingerprint density at radius 2 is 2.10 bits per heavy atom. The lowest BCUT2D eigenvalue weighted by atomic mass is 10.0. The molecule has 0 N–H and O–H groups in total. The van der Waals surface area contributed by atoms with Gasteiger partial charge in [0, 0.05) is 19.0 Å². The third-order valence-electron chi connectivity index (χ3n) is 3.75. The highest BCUT2D eigenvalue weighted by Gasteiger charge is 2.25. The van der Waals surface area contributed by atoms with E-state index in [1.165, 1.54) is 0 Å². The Bertz CT molecular complexity index is 484. The predicted molar refractivity (Wildman–Crippen MR) is 83.3 cm³/mol. The molecule has 0 aromatic heterocycles. The van der Waals surface area contributed by atoms with E-state index in [9.17, 15) is 4.79 Å². The molecule has 1 aromatic rings. The highest BCUT2D eigenvalue weighted by atomic mass is 35.5. The molecule has 0 saturated carbocycles. The van der Waals surface area contributed by atoms with Gasteiger partial charge < -0.3 is 14.4 Å². The van der Waals surface area contributed by atoms with Crippen LogP contribution < -0.4 is 4.74 Å². The van der Waals surface area contributed by atoms with Gasteiger partial charge in [-0.2, -0.15) is 0 Å². The molecule has 1 aromatic carbocycles. The zero-order chi connectivity index (χ0) is 15.2. The van der Waals surface area contributed by atoms with Crippen LogP contribution in [0.2, 0.25) is 0 Å². The summed E-state index contributed by atoms with van der Waals surface area (Å²) in [5.41, 5.74) is 1.69. The molecule has 21 heavy (non-hydrogen) atoms. The van der Waals surface area contributed by atoms with Crippen molar-refractivity contribution in [3.8, 4) is 5.75 Å². The summed E-state index contributed by atoms with van der Waals surface area (Å²) in [7, 11) is 1.59. The number of likely N-dealkylation sites (tertiary alicyclic amines) is 1. The van der Waals surface area contributed by atoms with E-state index in [0.717, 1.165) is 18.4 Å². The molecule has 4 nitrogen and oxygen atoms in total. The van der Waals surface area contributed by atoms with E-state index in [1.807, 2.05) is 30.0 Å². The molecule has 1 amide bonds. The zero-order valence-corrected chi connectivity index (χ0v) is 13.4. The summed E-state index contributed by atoms with van der Waals surface area (Å²) in [5, 5.41) is 0. The maximum absolute atomic E-state index is 12.6. The number of piperidine rings is 1. The second-order valence-electron chi connectivity index (χ2n) is 5.26. The molecule has 1 fully saturated rings. The Morgan fingerprint density at radius 3 is 2.71 bits per heavy atom. The van der Waals surface area contributed by atoms with Crippen LogP contribution in [0.15, 0.2) is 18.2 Å². The Balaban J connectivity index is 2.00. The van der Waals surface area contributed by atoms with E-state index in [0.29, 0.717) is 36.9 Å². The molecule has 1 heterocycles.